The van der Waals surface area contributed by atoms with Crippen LogP contribution in [0.25, 0.3) is 11.0 Å². The Labute approximate surface area is 99.4 Å². The molecule has 0 radical (unpaired) electrons. The molecule has 17 heavy (non-hydrogen) atoms. The van der Waals surface area contributed by atoms with Crippen molar-refractivity contribution in [1.82, 2.24) is 0 Å². The number of anilines is 1. The lowest BCUT2D eigenvalue weighted by atomic mass is 9.98. The Bertz CT molecular complexity index is 655. The fourth-order valence-corrected chi connectivity index (χ4v) is 2.41. The van der Waals surface area contributed by atoms with Crippen molar-refractivity contribution in [2.24, 2.45) is 0 Å². The Morgan fingerprint density at radius 3 is 2.88 bits per heavy atom. The number of aryl methyl sites for hydroxylation is 2. The zero-order chi connectivity index (χ0) is 12.0. The van der Waals surface area contributed by atoms with E-state index in [4.69, 9.17) is 4.42 Å². The summed E-state index contributed by atoms with van der Waals surface area (Å²) in [6, 6.07) is 4.11. The van der Waals surface area contributed by atoms with Crippen LogP contribution in [0.5, 0.6) is 0 Å². The molecule has 0 spiro atoms. The molecule has 2 aromatic rings. The molecule has 1 aromatic carbocycles. The fourth-order valence-electron chi connectivity index (χ4n) is 2.41. The van der Waals surface area contributed by atoms with Gasteiger partial charge in [0.05, 0.1) is 0 Å². The monoisotopic (exact) mass is 229 g/mol. The van der Waals surface area contributed by atoms with Gasteiger partial charge in [-0.3, -0.25) is 0 Å². The van der Waals surface area contributed by atoms with E-state index in [0.717, 1.165) is 36.0 Å². The van der Waals surface area contributed by atoms with Crippen molar-refractivity contribution in [2.45, 2.75) is 26.7 Å². The van der Waals surface area contributed by atoms with E-state index in [9.17, 15) is 4.79 Å². The summed E-state index contributed by atoms with van der Waals surface area (Å²) in [5.41, 5.74) is 4.62. The quantitative estimate of drug-likeness (QED) is 0.706. The molecule has 3 nitrogen and oxygen atoms in total. The van der Waals surface area contributed by atoms with Gasteiger partial charge in [-0.25, -0.2) is 4.79 Å². The van der Waals surface area contributed by atoms with Crippen molar-refractivity contribution < 1.29 is 4.42 Å². The van der Waals surface area contributed by atoms with Crippen LogP contribution in [-0.2, 0) is 6.42 Å². The van der Waals surface area contributed by atoms with Gasteiger partial charge < -0.3 is 9.73 Å². The van der Waals surface area contributed by atoms with Crippen molar-refractivity contribution in [3.8, 4) is 0 Å². The molecule has 0 fully saturated rings. The second-order valence-corrected chi connectivity index (χ2v) is 4.68. The maximum Gasteiger partial charge on any atom is 0.339 e. The van der Waals surface area contributed by atoms with Crippen LogP contribution in [0.4, 0.5) is 5.69 Å². The molecule has 0 saturated heterocycles. The third-order valence-electron chi connectivity index (χ3n) is 3.62. The van der Waals surface area contributed by atoms with Gasteiger partial charge in [0.2, 0.25) is 0 Å². The molecule has 88 valence electrons. The molecule has 1 N–H and O–H groups in total. The molecule has 1 aliphatic rings. The molecule has 1 aliphatic heterocycles. The van der Waals surface area contributed by atoms with Gasteiger partial charge in [0, 0.05) is 29.2 Å². The summed E-state index contributed by atoms with van der Waals surface area (Å²) in [6.07, 6.45) is 2.25. The number of nitrogens with one attached hydrogen (secondary N) is 1. The van der Waals surface area contributed by atoms with Gasteiger partial charge in [-0.05, 0) is 43.9 Å². The molecular weight excluding hydrogens is 214 g/mol. The van der Waals surface area contributed by atoms with E-state index in [2.05, 4.69) is 11.4 Å². The van der Waals surface area contributed by atoms with Gasteiger partial charge in [0.1, 0.15) is 5.58 Å². The highest BCUT2D eigenvalue weighted by Crippen LogP contribution is 2.29. The van der Waals surface area contributed by atoms with Crippen molar-refractivity contribution >= 4 is 16.7 Å². The van der Waals surface area contributed by atoms with E-state index in [0.29, 0.717) is 11.1 Å². The first-order valence-electron chi connectivity index (χ1n) is 5.97. The van der Waals surface area contributed by atoms with Crippen LogP contribution >= 0.6 is 0 Å². The van der Waals surface area contributed by atoms with E-state index in [-0.39, 0.29) is 5.63 Å². The molecule has 3 rings (SSSR count). The zero-order valence-electron chi connectivity index (χ0n) is 10.1. The lowest BCUT2D eigenvalue weighted by molar-refractivity contribution is 0.553. The second kappa shape index (κ2) is 3.62. The van der Waals surface area contributed by atoms with Gasteiger partial charge in [0.15, 0.2) is 0 Å². The molecule has 3 heteroatoms. The summed E-state index contributed by atoms with van der Waals surface area (Å²) in [4.78, 5) is 11.6. The maximum atomic E-state index is 11.6. The molecule has 2 heterocycles. The third-order valence-corrected chi connectivity index (χ3v) is 3.62. The van der Waals surface area contributed by atoms with E-state index in [1.807, 2.05) is 19.9 Å². The van der Waals surface area contributed by atoms with Crippen molar-refractivity contribution in [2.75, 3.05) is 11.9 Å². The van der Waals surface area contributed by atoms with E-state index in [1.54, 1.807) is 0 Å². The molecule has 0 aliphatic carbocycles. The van der Waals surface area contributed by atoms with Gasteiger partial charge in [-0.2, -0.15) is 0 Å². The minimum atomic E-state index is -0.231. The van der Waals surface area contributed by atoms with Crippen LogP contribution < -0.4 is 10.9 Å². The Hall–Kier alpha value is -1.77. The summed E-state index contributed by atoms with van der Waals surface area (Å²) in [7, 11) is 0. The van der Waals surface area contributed by atoms with Crippen molar-refractivity contribution in [3.05, 3.63) is 39.2 Å². The van der Waals surface area contributed by atoms with E-state index >= 15 is 0 Å². The summed E-state index contributed by atoms with van der Waals surface area (Å²) < 4.78 is 5.34. The largest absolute Gasteiger partial charge is 0.422 e. The summed E-state index contributed by atoms with van der Waals surface area (Å²) in [5.74, 6) is 0. The standard InChI is InChI=1S/C14H15NO2/c1-8-9(2)14(16)17-13-7-12-10(6-11(8)13)4-3-5-15-12/h6-7,15H,3-5H2,1-2H3. The Kier molecular flexibility index (Phi) is 2.21. The highest BCUT2D eigenvalue weighted by atomic mass is 16.4. The van der Waals surface area contributed by atoms with E-state index < -0.39 is 0 Å². The first kappa shape index (κ1) is 10.4. The molecule has 0 unspecified atom stereocenters. The molecule has 0 saturated carbocycles. The molecule has 1 aromatic heterocycles. The van der Waals surface area contributed by atoms with Crippen molar-refractivity contribution in [1.29, 1.82) is 0 Å². The Balaban J connectivity index is 2.38. The van der Waals surface area contributed by atoms with Crippen LogP contribution in [0, 0.1) is 13.8 Å². The smallest absolute Gasteiger partial charge is 0.339 e. The number of hydrogen-bond acceptors (Lipinski definition) is 3. The number of rotatable bonds is 0. The first-order valence-corrected chi connectivity index (χ1v) is 5.97. The molecule has 0 amide bonds. The van der Waals surface area contributed by atoms with Crippen LogP contribution in [0.15, 0.2) is 21.3 Å². The van der Waals surface area contributed by atoms with Crippen LogP contribution in [0.2, 0.25) is 0 Å². The Morgan fingerprint density at radius 2 is 2.06 bits per heavy atom. The Morgan fingerprint density at radius 1 is 1.24 bits per heavy atom. The minimum absolute atomic E-state index is 0.231. The van der Waals surface area contributed by atoms with Crippen molar-refractivity contribution in [3.63, 3.8) is 0 Å². The highest BCUT2D eigenvalue weighted by molar-refractivity contribution is 5.86. The van der Waals surface area contributed by atoms with E-state index in [1.165, 1.54) is 5.56 Å². The molecular formula is C14H15NO2. The van der Waals surface area contributed by atoms with Crippen LogP contribution in [0.3, 0.4) is 0 Å². The third kappa shape index (κ3) is 1.54. The van der Waals surface area contributed by atoms with Crippen LogP contribution in [0.1, 0.15) is 23.1 Å². The predicted octanol–water partition coefficient (Wildman–Crippen LogP) is 2.77. The highest BCUT2D eigenvalue weighted by Gasteiger charge is 2.13. The predicted molar refractivity (Wildman–Crippen MR) is 68.8 cm³/mol. The summed E-state index contributed by atoms with van der Waals surface area (Å²) in [5, 5.41) is 4.41. The molecule has 0 atom stereocenters. The minimum Gasteiger partial charge on any atom is -0.422 e. The average molecular weight is 229 g/mol. The SMILES string of the molecule is Cc1c(C)c2cc3c(cc2oc1=O)NCCC3. The van der Waals surface area contributed by atoms with Gasteiger partial charge in [0.25, 0.3) is 0 Å². The van der Waals surface area contributed by atoms with Gasteiger partial charge >= 0.3 is 5.63 Å². The number of fused-ring (bicyclic) bond motifs is 2. The normalized spacial score (nSPS) is 14.5. The topological polar surface area (TPSA) is 42.2 Å². The summed E-state index contributed by atoms with van der Waals surface area (Å²) in [6.45, 7) is 4.79. The van der Waals surface area contributed by atoms with Gasteiger partial charge in [-0.1, -0.05) is 0 Å². The average Bonchev–Trinajstić information content (AvgIpc) is 2.34. The fraction of sp³-hybridized carbons (Fsp3) is 0.357. The second-order valence-electron chi connectivity index (χ2n) is 4.68. The first-order chi connectivity index (χ1) is 8.16. The van der Waals surface area contributed by atoms with Crippen LogP contribution in [-0.4, -0.2) is 6.54 Å². The summed E-state index contributed by atoms with van der Waals surface area (Å²) >= 11 is 0. The number of hydrogen-bond donors (Lipinski definition) is 1. The lowest BCUT2D eigenvalue weighted by Gasteiger charge is -2.18. The maximum absolute atomic E-state index is 11.6. The zero-order valence-corrected chi connectivity index (χ0v) is 10.1. The van der Waals surface area contributed by atoms with Gasteiger partial charge in [-0.15, -0.1) is 0 Å². The molecule has 0 bridgehead atoms. The lowest BCUT2D eigenvalue weighted by Crippen LogP contribution is -2.12. The number of benzene rings is 1.